The average molecular weight is 294 g/mol. The predicted molar refractivity (Wildman–Crippen MR) is 73.5 cm³/mol. The van der Waals surface area contributed by atoms with Gasteiger partial charge in [0.25, 0.3) is 5.91 Å². The van der Waals surface area contributed by atoms with Crippen LogP contribution in [0.15, 0.2) is 18.3 Å². The minimum atomic E-state index is -1.48. The summed E-state index contributed by atoms with van der Waals surface area (Å²) in [6.07, 6.45) is 1.47. The van der Waals surface area contributed by atoms with Crippen molar-refractivity contribution in [1.29, 1.82) is 0 Å². The minimum Gasteiger partial charge on any atom is -0.464 e. The first-order chi connectivity index (χ1) is 9.99. The molecular formula is C14H18N2O5. The van der Waals surface area contributed by atoms with E-state index in [1.54, 1.807) is 26.8 Å². The highest BCUT2D eigenvalue weighted by Crippen LogP contribution is 2.03. The molecular weight excluding hydrogens is 276 g/mol. The molecule has 0 unspecified atom stereocenters. The van der Waals surface area contributed by atoms with E-state index in [-0.39, 0.29) is 13.2 Å². The van der Waals surface area contributed by atoms with Crippen LogP contribution in [0.25, 0.3) is 0 Å². The van der Waals surface area contributed by atoms with Gasteiger partial charge in [-0.15, -0.1) is 0 Å². The Morgan fingerprint density at radius 1 is 1.19 bits per heavy atom. The van der Waals surface area contributed by atoms with E-state index < -0.39 is 23.9 Å². The van der Waals surface area contributed by atoms with Crippen LogP contribution in [0.5, 0.6) is 0 Å². The molecule has 7 nitrogen and oxygen atoms in total. The number of esters is 2. The number of hydrogen-bond acceptors (Lipinski definition) is 6. The Balaban J connectivity index is 2.87. The molecule has 1 rings (SSSR count). The molecule has 0 aliphatic rings. The van der Waals surface area contributed by atoms with E-state index in [0.29, 0.717) is 11.3 Å². The zero-order valence-electron chi connectivity index (χ0n) is 12.2. The summed E-state index contributed by atoms with van der Waals surface area (Å²) in [6.45, 7) is 5.13. The van der Waals surface area contributed by atoms with Crippen molar-refractivity contribution in [1.82, 2.24) is 10.3 Å². The van der Waals surface area contributed by atoms with E-state index in [1.807, 2.05) is 0 Å². The highest BCUT2D eigenvalue weighted by Gasteiger charge is 2.31. The van der Waals surface area contributed by atoms with Crippen LogP contribution in [0, 0.1) is 6.92 Å². The van der Waals surface area contributed by atoms with Crippen molar-refractivity contribution in [2.24, 2.45) is 0 Å². The fourth-order valence-electron chi connectivity index (χ4n) is 1.57. The minimum absolute atomic E-state index is 0.0962. The second kappa shape index (κ2) is 7.98. The van der Waals surface area contributed by atoms with E-state index >= 15 is 0 Å². The van der Waals surface area contributed by atoms with E-state index in [4.69, 9.17) is 9.47 Å². The summed E-state index contributed by atoms with van der Waals surface area (Å²) < 4.78 is 9.53. The Hall–Kier alpha value is -2.44. The molecule has 1 aromatic heterocycles. The van der Waals surface area contributed by atoms with Gasteiger partial charge in [-0.25, -0.2) is 9.59 Å². The Morgan fingerprint density at radius 3 is 2.24 bits per heavy atom. The molecule has 1 heterocycles. The maximum atomic E-state index is 12.1. The molecule has 0 saturated carbocycles. The third-order valence-electron chi connectivity index (χ3n) is 2.48. The van der Waals surface area contributed by atoms with Crippen molar-refractivity contribution < 1.29 is 23.9 Å². The predicted octanol–water partition coefficient (Wildman–Crippen LogP) is 0.615. The van der Waals surface area contributed by atoms with Gasteiger partial charge in [0.1, 0.15) is 0 Å². The maximum absolute atomic E-state index is 12.1. The van der Waals surface area contributed by atoms with Crippen molar-refractivity contribution in [3.05, 3.63) is 29.6 Å². The van der Waals surface area contributed by atoms with Gasteiger partial charge in [-0.3, -0.25) is 9.78 Å². The van der Waals surface area contributed by atoms with E-state index in [9.17, 15) is 14.4 Å². The standard InChI is InChI=1S/C14H18N2O5/c1-4-20-13(18)11(14(19)21-5-2)16-12(17)10-6-7-15-9(3)8-10/h6-8,11H,4-5H2,1-3H3,(H,16,17). The van der Waals surface area contributed by atoms with Crippen LogP contribution in [-0.2, 0) is 19.1 Å². The van der Waals surface area contributed by atoms with Crippen LogP contribution >= 0.6 is 0 Å². The summed E-state index contributed by atoms with van der Waals surface area (Å²) in [7, 11) is 0. The van der Waals surface area contributed by atoms with Crippen molar-refractivity contribution in [3.8, 4) is 0 Å². The maximum Gasteiger partial charge on any atom is 0.340 e. The van der Waals surface area contributed by atoms with Crippen molar-refractivity contribution in [2.45, 2.75) is 26.8 Å². The van der Waals surface area contributed by atoms with Gasteiger partial charge in [0.2, 0.25) is 6.04 Å². The van der Waals surface area contributed by atoms with Gasteiger partial charge in [-0.05, 0) is 32.9 Å². The number of hydrogen-bond donors (Lipinski definition) is 1. The lowest BCUT2D eigenvalue weighted by atomic mass is 10.2. The highest BCUT2D eigenvalue weighted by molar-refractivity contribution is 6.05. The lowest BCUT2D eigenvalue weighted by Crippen LogP contribution is -2.48. The van der Waals surface area contributed by atoms with Crippen LogP contribution in [0.3, 0.4) is 0 Å². The molecule has 0 aromatic carbocycles. The van der Waals surface area contributed by atoms with Crippen molar-refractivity contribution in [2.75, 3.05) is 13.2 Å². The molecule has 7 heteroatoms. The topological polar surface area (TPSA) is 94.6 Å². The van der Waals surface area contributed by atoms with Gasteiger partial charge in [0, 0.05) is 17.5 Å². The number of carbonyl (C=O) groups is 3. The summed E-state index contributed by atoms with van der Waals surface area (Å²) >= 11 is 0. The normalized spacial score (nSPS) is 10.1. The zero-order chi connectivity index (χ0) is 15.8. The van der Waals surface area contributed by atoms with E-state index in [0.717, 1.165) is 0 Å². The second-order valence-electron chi connectivity index (χ2n) is 4.10. The monoisotopic (exact) mass is 294 g/mol. The lowest BCUT2D eigenvalue weighted by molar-refractivity contribution is -0.157. The summed E-state index contributed by atoms with van der Waals surface area (Å²) in [4.78, 5) is 39.5. The smallest absolute Gasteiger partial charge is 0.340 e. The van der Waals surface area contributed by atoms with Crippen LogP contribution in [0.4, 0.5) is 0 Å². The Morgan fingerprint density at radius 2 is 1.76 bits per heavy atom. The highest BCUT2D eigenvalue weighted by atomic mass is 16.6. The van der Waals surface area contributed by atoms with Gasteiger partial charge >= 0.3 is 11.9 Å². The summed E-state index contributed by atoms with van der Waals surface area (Å²) in [5, 5.41) is 2.31. The molecule has 21 heavy (non-hydrogen) atoms. The first kappa shape index (κ1) is 16.6. The quantitative estimate of drug-likeness (QED) is 0.610. The fraction of sp³-hybridized carbons (Fsp3) is 0.429. The third-order valence-corrected chi connectivity index (χ3v) is 2.48. The van der Waals surface area contributed by atoms with Crippen LogP contribution in [-0.4, -0.2) is 42.1 Å². The second-order valence-corrected chi connectivity index (χ2v) is 4.10. The molecule has 1 N–H and O–H groups in total. The van der Waals surface area contributed by atoms with E-state index in [2.05, 4.69) is 10.3 Å². The number of aromatic nitrogens is 1. The first-order valence-electron chi connectivity index (χ1n) is 6.56. The fourth-order valence-corrected chi connectivity index (χ4v) is 1.57. The number of pyridine rings is 1. The molecule has 0 aliphatic carbocycles. The summed E-state index contributed by atoms with van der Waals surface area (Å²) in [6, 6.07) is 1.55. The van der Waals surface area contributed by atoms with Crippen LogP contribution < -0.4 is 5.32 Å². The van der Waals surface area contributed by atoms with E-state index in [1.165, 1.54) is 12.3 Å². The zero-order valence-corrected chi connectivity index (χ0v) is 12.2. The molecule has 0 aliphatic heterocycles. The SMILES string of the molecule is CCOC(=O)C(NC(=O)c1ccnc(C)c1)C(=O)OCC. The van der Waals surface area contributed by atoms with Gasteiger partial charge in [0.05, 0.1) is 13.2 Å². The molecule has 114 valence electrons. The van der Waals surface area contributed by atoms with Crippen LogP contribution in [0.1, 0.15) is 29.9 Å². The average Bonchev–Trinajstić information content (AvgIpc) is 2.44. The lowest BCUT2D eigenvalue weighted by Gasteiger charge is -2.15. The molecule has 0 atom stereocenters. The van der Waals surface area contributed by atoms with Crippen molar-refractivity contribution >= 4 is 17.8 Å². The molecule has 0 radical (unpaired) electrons. The Labute approximate surface area is 122 Å². The molecule has 1 aromatic rings. The first-order valence-corrected chi connectivity index (χ1v) is 6.56. The molecule has 0 fully saturated rings. The molecule has 0 saturated heterocycles. The number of rotatable bonds is 6. The number of nitrogens with zero attached hydrogens (tertiary/aromatic N) is 1. The molecule has 0 bridgehead atoms. The van der Waals surface area contributed by atoms with Crippen molar-refractivity contribution in [3.63, 3.8) is 0 Å². The number of aryl methyl sites for hydroxylation is 1. The number of amides is 1. The van der Waals surface area contributed by atoms with Gasteiger partial charge in [-0.1, -0.05) is 0 Å². The Kier molecular flexibility index (Phi) is 6.32. The van der Waals surface area contributed by atoms with Gasteiger partial charge in [-0.2, -0.15) is 0 Å². The third kappa shape index (κ3) is 4.87. The largest absolute Gasteiger partial charge is 0.464 e. The summed E-state index contributed by atoms with van der Waals surface area (Å²) in [5.74, 6) is -2.28. The molecule has 1 amide bonds. The number of ether oxygens (including phenoxy) is 2. The van der Waals surface area contributed by atoms with Crippen LogP contribution in [0.2, 0.25) is 0 Å². The number of carbonyl (C=O) groups excluding carboxylic acids is 3. The Bertz CT molecular complexity index is 512. The number of nitrogens with one attached hydrogen (secondary N) is 1. The van der Waals surface area contributed by atoms with Gasteiger partial charge < -0.3 is 14.8 Å². The summed E-state index contributed by atoms with van der Waals surface area (Å²) in [5.41, 5.74) is 0.938. The van der Waals surface area contributed by atoms with Gasteiger partial charge in [0.15, 0.2) is 0 Å². The molecule has 0 spiro atoms.